The van der Waals surface area contributed by atoms with Crippen molar-refractivity contribution in [2.75, 3.05) is 0 Å². The summed E-state index contributed by atoms with van der Waals surface area (Å²) in [7, 11) is 0. The number of halogens is 2. The van der Waals surface area contributed by atoms with E-state index < -0.39 is 12.0 Å². The zero-order chi connectivity index (χ0) is 19.9. The fourth-order valence-electron chi connectivity index (χ4n) is 3.09. The van der Waals surface area contributed by atoms with E-state index in [0.29, 0.717) is 5.69 Å². The second-order valence-corrected chi connectivity index (χ2v) is 7.17. The Morgan fingerprint density at radius 3 is 2.52 bits per heavy atom. The minimum absolute atomic E-state index is 0.0927. The van der Waals surface area contributed by atoms with Gasteiger partial charge in [0.05, 0.1) is 11.1 Å². The van der Waals surface area contributed by atoms with Crippen LogP contribution in [-0.4, -0.2) is 14.5 Å². The van der Waals surface area contributed by atoms with Gasteiger partial charge in [0.2, 0.25) is 0 Å². The molecular formula is C20H21F2N3OS. The highest BCUT2D eigenvalue weighted by molar-refractivity contribution is 7.71. The third-order valence-corrected chi connectivity index (χ3v) is 5.29. The maximum atomic E-state index is 13.8. The average Bonchev–Trinajstić information content (AvgIpc) is 2.62. The first-order chi connectivity index (χ1) is 12.7. The van der Waals surface area contributed by atoms with Crippen LogP contribution in [0.15, 0.2) is 29.1 Å². The van der Waals surface area contributed by atoms with E-state index in [1.807, 2.05) is 45.9 Å². The summed E-state index contributed by atoms with van der Waals surface area (Å²) in [6.07, 6.45) is -2.09. The van der Waals surface area contributed by atoms with Gasteiger partial charge in [-0.15, -0.1) is 0 Å². The van der Waals surface area contributed by atoms with Gasteiger partial charge in [-0.25, -0.2) is 13.8 Å². The summed E-state index contributed by atoms with van der Waals surface area (Å²) in [6.45, 7) is 7.82. The van der Waals surface area contributed by atoms with Gasteiger partial charge in [-0.1, -0.05) is 19.1 Å². The van der Waals surface area contributed by atoms with Crippen molar-refractivity contribution in [2.24, 2.45) is 0 Å². The van der Waals surface area contributed by atoms with Crippen LogP contribution in [0.4, 0.5) is 8.78 Å². The Bertz CT molecular complexity index is 1130. The van der Waals surface area contributed by atoms with Crippen LogP contribution in [0.3, 0.4) is 0 Å². The first kappa shape index (κ1) is 19.4. The van der Waals surface area contributed by atoms with Crippen molar-refractivity contribution in [2.45, 2.75) is 46.6 Å². The van der Waals surface area contributed by atoms with Gasteiger partial charge >= 0.3 is 0 Å². The van der Waals surface area contributed by atoms with Crippen LogP contribution < -0.4 is 5.56 Å². The second kappa shape index (κ2) is 7.31. The largest absolute Gasteiger partial charge is 0.300 e. The van der Waals surface area contributed by atoms with Crippen molar-refractivity contribution in [3.05, 3.63) is 56.1 Å². The van der Waals surface area contributed by atoms with Crippen LogP contribution in [-0.2, 0) is 0 Å². The van der Waals surface area contributed by atoms with Crippen molar-refractivity contribution in [1.82, 2.24) is 14.5 Å². The van der Waals surface area contributed by atoms with E-state index >= 15 is 0 Å². The maximum Gasteiger partial charge on any atom is 0.264 e. The molecule has 0 aliphatic heterocycles. The van der Waals surface area contributed by atoms with Crippen LogP contribution in [0.25, 0.3) is 22.3 Å². The summed E-state index contributed by atoms with van der Waals surface area (Å²) < 4.78 is 29.5. The molecule has 27 heavy (non-hydrogen) atoms. The molecule has 3 aromatic rings. The number of nitrogens with one attached hydrogen (secondary N) is 1. The summed E-state index contributed by atoms with van der Waals surface area (Å²) in [4.78, 5) is 19.5. The number of fused-ring (bicyclic) bond motifs is 1. The molecule has 2 aromatic heterocycles. The van der Waals surface area contributed by atoms with Gasteiger partial charge < -0.3 is 0 Å². The number of alkyl halides is 2. The van der Waals surface area contributed by atoms with E-state index in [9.17, 15) is 13.6 Å². The lowest BCUT2D eigenvalue weighted by molar-refractivity contribution is 0.153. The van der Waals surface area contributed by atoms with Gasteiger partial charge in [-0.2, -0.15) is 0 Å². The Kier molecular flexibility index (Phi) is 5.24. The summed E-state index contributed by atoms with van der Waals surface area (Å²) in [5, 5.41) is -0.105. The molecule has 0 spiro atoms. The SMILES string of the molecule is CC[C@H](C)n1c(=S)[nH]c(=O)c2c(C(F)F)cc(-c3ccc(C)c(C)c3)nc21. The van der Waals surface area contributed by atoms with Crippen LogP contribution in [0, 0.1) is 18.6 Å². The lowest BCUT2D eigenvalue weighted by atomic mass is 10.0. The van der Waals surface area contributed by atoms with Gasteiger partial charge in [0.1, 0.15) is 5.65 Å². The van der Waals surface area contributed by atoms with Crippen LogP contribution >= 0.6 is 12.2 Å². The molecule has 1 aromatic carbocycles. The molecule has 3 rings (SSSR count). The molecule has 2 heterocycles. The number of nitrogens with zero attached hydrogens (tertiary/aromatic N) is 2. The minimum atomic E-state index is -2.80. The Hall–Kier alpha value is -2.41. The molecule has 0 aliphatic rings. The number of pyridine rings is 1. The molecule has 7 heteroatoms. The normalized spacial score (nSPS) is 12.7. The van der Waals surface area contributed by atoms with Gasteiger partial charge in [0, 0.05) is 17.2 Å². The summed E-state index contributed by atoms with van der Waals surface area (Å²) in [5.74, 6) is 0. The number of H-pyrrole nitrogens is 1. The fourth-order valence-corrected chi connectivity index (χ4v) is 3.45. The number of rotatable bonds is 4. The van der Waals surface area contributed by atoms with E-state index in [4.69, 9.17) is 12.2 Å². The van der Waals surface area contributed by atoms with Crippen LogP contribution in [0.2, 0.25) is 0 Å². The molecule has 1 N–H and O–H groups in total. The topological polar surface area (TPSA) is 50.7 Å². The standard InChI is InChI=1S/C20H21F2N3OS/c1-5-12(4)25-18-16(19(26)24-20(25)27)14(17(21)22)9-15(23-18)13-7-6-10(2)11(3)8-13/h6-9,12,17H,5H2,1-4H3,(H,24,26,27)/t12-/m0/s1. The number of aromatic nitrogens is 3. The number of hydrogen-bond donors (Lipinski definition) is 1. The fraction of sp³-hybridized carbons (Fsp3) is 0.350. The van der Waals surface area contributed by atoms with Crippen LogP contribution in [0.1, 0.15) is 49.4 Å². The zero-order valence-corrected chi connectivity index (χ0v) is 16.5. The summed E-state index contributed by atoms with van der Waals surface area (Å²) in [5.41, 5.74) is 2.50. The molecular weight excluding hydrogens is 368 g/mol. The van der Waals surface area contributed by atoms with Gasteiger partial charge in [-0.05, 0) is 62.7 Å². The van der Waals surface area contributed by atoms with E-state index in [1.54, 1.807) is 4.57 Å². The zero-order valence-electron chi connectivity index (χ0n) is 15.6. The molecule has 4 nitrogen and oxygen atoms in total. The Labute approximate surface area is 160 Å². The van der Waals surface area contributed by atoms with Gasteiger partial charge in [0.15, 0.2) is 4.77 Å². The quantitative estimate of drug-likeness (QED) is 0.587. The monoisotopic (exact) mass is 389 g/mol. The molecule has 0 amide bonds. The maximum absolute atomic E-state index is 13.8. The predicted octanol–water partition coefficient (Wildman–Crippen LogP) is 5.65. The van der Waals surface area contributed by atoms with Crippen molar-refractivity contribution in [3.8, 4) is 11.3 Å². The lowest BCUT2D eigenvalue weighted by Crippen LogP contribution is -2.19. The number of hydrogen-bond acceptors (Lipinski definition) is 3. The Morgan fingerprint density at radius 2 is 1.93 bits per heavy atom. The van der Waals surface area contributed by atoms with E-state index in [1.165, 1.54) is 6.07 Å². The summed E-state index contributed by atoms with van der Waals surface area (Å²) in [6, 6.07) is 6.90. The highest BCUT2D eigenvalue weighted by Crippen LogP contribution is 2.31. The number of aryl methyl sites for hydroxylation is 2. The first-order valence-corrected chi connectivity index (χ1v) is 9.20. The molecule has 0 aliphatic carbocycles. The average molecular weight is 389 g/mol. The third-order valence-electron chi connectivity index (χ3n) is 4.99. The first-order valence-electron chi connectivity index (χ1n) is 8.79. The van der Waals surface area contributed by atoms with Crippen LogP contribution in [0.5, 0.6) is 0 Å². The second-order valence-electron chi connectivity index (χ2n) is 6.78. The lowest BCUT2D eigenvalue weighted by Gasteiger charge is -2.18. The van der Waals surface area contributed by atoms with E-state index in [-0.39, 0.29) is 27.4 Å². The molecule has 0 fully saturated rings. The number of benzene rings is 1. The molecule has 0 radical (unpaired) electrons. The van der Waals surface area contributed by atoms with Crippen molar-refractivity contribution in [1.29, 1.82) is 0 Å². The smallest absolute Gasteiger partial charge is 0.264 e. The predicted molar refractivity (Wildman–Crippen MR) is 106 cm³/mol. The van der Waals surface area contributed by atoms with E-state index in [2.05, 4.69) is 9.97 Å². The van der Waals surface area contributed by atoms with Gasteiger partial charge in [-0.3, -0.25) is 14.3 Å². The third kappa shape index (κ3) is 3.43. The van der Waals surface area contributed by atoms with Crippen molar-refractivity contribution in [3.63, 3.8) is 0 Å². The highest BCUT2D eigenvalue weighted by atomic mass is 32.1. The number of aromatic amines is 1. The molecule has 0 bridgehead atoms. The molecule has 142 valence electrons. The van der Waals surface area contributed by atoms with E-state index in [0.717, 1.165) is 23.1 Å². The van der Waals surface area contributed by atoms with Crippen molar-refractivity contribution >= 4 is 23.3 Å². The molecule has 0 unspecified atom stereocenters. The minimum Gasteiger partial charge on any atom is -0.300 e. The molecule has 0 saturated heterocycles. The molecule has 0 saturated carbocycles. The van der Waals surface area contributed by atoms with Crippen molar-refractivity contribution < 1.29 is 8.78 Å². The Balaban J connectivity index is 2.46. The molecule has 1 atom stereocenters. The Morgan fingerprint density at radius 1 is 1.22 bits per heavy atom. The highest BCUT2D eigenvalue weighted by Gasteiger charge is 2.21. The summed E-state index contributed by atoms with van der Waals surface area (Å²) >= 11 is 5.30. The van der Waals surface area contributed by atoms with Gasteiger partial charge in [0.25, 0.3) is 12.0 Å².